The molecule has 1 nitrogen and oxygen atoms in total. The first kappa shape index (κ1) is 14.3. The molecule has 96 valence electrons. The van der Waals surface area contributed by atoms with Gasteiger partial charge in [0.1, 0.15) is 0 Å². The fourth-order valence-corrected chi connectivity index (χ4v) is 2.08. The van der Waals surface area contributed by atoms with E-state index in [1.54, 1.807) is 6.07 Å². The number of rotatable bonds is 4. The van der Waals surface area contributed by atoms with Gasteiger partial charge in [0.2, 0.25) is 0 Å². The molecule has 0 atom stereocenters. The molecule has 0 aliphatic heterocycles. The number of hydrogen-bond acceptors (Lipinski definition) is 1. The van der Waals surface area contributed by atoms with Crippen LogP contribution in [-0.4, -0.2) is 0 Å². The highest BCUT2D eigenvalue weighted by Crippen LogP contribution is 2.39. The molecule has 0 amide bonds. The lowest BCUT2D eigenvalue weighted by Gasteiger charge is -2.17. The summed E-state index contributed by atoms with van der Waals surface area (Å²) in [5.41, 5.74) is 5.52. The van der Waals surface area contributed by atoms with Crippen molar-refractivity contribution in [2.75, 3.05) is 0 Å². The third kappa shape index (κ3) is 3.36. The fourth-order valence-electron chi connectivity index (χ4n) is 1.80. The van der Waals surface area contributed by atoms with Gasteiger partial charge >= 0.3 is 6.18 Å². The molecule has 1 rings (SSSR count). The first-order valence-electron chi connectivity index (χ1n) is 5.49. The van der Waals surface area contributed by atoms with E-state index in [9.17, 15) is 13.2 Å². The molecule has 0 saturated heterocycles. The summed E-state index contributed by atoms with van der Waals surface area (Å²) in [5, 5.41) is -0.249. The van der Waals surface area contributed by atoms with Gasteiger partial charge in [-0.15, -0.1) is 0 Å². The van der Waals surface area contributed by atoms with Gasteiger partial charge in [-0.3, -0.25) is 0 Å². The highest BCUT2D eigenvalue weighted by molar-refractivity contribution is 6.31. The second-order valence-corrected chi connectivity index (χ2v) is 4.27. The van der Waals surface area contributed by atoms with Gasteiger partial charge in [-0.25, -0.2) is 0 Å². The topological polar surface area (TPSA) is 26.0 Å². The molecule has 5 heteroatoms. The van der Waals surface area contributed by atoms with Gasteiger partial charge in [0, 0.05) is 6.54 Å². The molecule has 0 unspecified atom stereocenters. The van der Waals surface area contributed by atoms with E-state index in [0.29, 0.717) is 18.4 Å². The maximum absolute atomic E-state index is 12.9. The van der Waals surface area contributed by atoms with Crippen LogP contribution in [0.4, 0.5) is 13.2 Å². The van der Waals surface area contributed by atoms with Crippen LogP contribution in [0.15, 0.2) is 12.1 Å². The third-order valence-electron chi connectivity index (χ3n) is 2.64. The van der Waals surface area contributed by atoms with Crippen molar-refractivity contribution in [2.24, 2.45) is 5.73 Å². The Labute approximate surface area is 104 Å². The average Bonchev–Trinajstić information content (AvgIpc) is 2.24. The molecule has 0 fully saturated rings. The smallest absolute Gasteiger partial charge is 0.326 e. The van der Waals surface area contributed by atoms with Crippen molar-refractivity contribution >= 4 is 11.6 Å². The van der Waals surface area contributed by atoms with Crippen molar-refractivity contribution in [3.63, 3.8) is 0 Å². The van der Waals surface area contributed by atoms with E-state index < -0.39 is 11.7 Å². The number of benzene rings is 1. The number of hydrogen-bond donors (Lipinski definition) is 1. The predicted octanol–water partition coefficient (Wildman–Crippen LogP) is 4.16. The van der Waals surface area contributed by atoms with Crippen LogP contribution in [0.3, 0.4) is 0 Å². The van der Waals surface area contributed by atoms with Crippen LogP contribution < -0.4 is 5.73 Å². The minimum Gasteiger partial charge on any atom is -0.326 e. The summed E-state index contributed by atoms with van der Waals surface area (Å²) in [6.07, 6.45) is -2.55. The van der Waals surface area contributed by atoms with Crippen LogP contribution in [0.5, 0.6) is 0 Å². The molecule has 0 heterocycles. The number of nitrogens with two attached hydrogens (primary N) is 1. The zero-order valence-electron chi connectivity index (χ0n) is 9.57. The predicted molar refractivity (Wildman–Crippen MR) is 63.0 cm³/mol. The SMILES string of the molecule is CCCCc1c(CN)ccc(Cl)c1C(F)(F)F. The quantitative estimate of drug-likeness (QED) is 0.869. The van der Waals surface area contributed by atoms with Crippen LogP contribution in [0.2, 0.25) is 5.02 Å². The summed E-state index contributed by atoms with van der Waals surface area (Å²) in [4.78, 5) is 0. The molecule has 0 saturated carbocycles. The standard InChI is InChI=1S/C12H15ClF3N/c1-2-3-4-9-8(7-17)5-6-10(13)11(9)12(14,15)16/h5-6H,2-4,7,17H2,1H3. The van der Waals surface area contributed by atoms with Gasteiger partial charge < -0.3 is 5.73 Å². The van der Waals surface area contributed by atoms with E-state index in [2.05, 4.69) is 0 Å². The first-order chi connectivity index (χ1) is 7.91. The second-order valence-electron chi connectivity index (χ2n) is 3.87. The molecule has 0 radical (unpaired) electrons. The molecule has 0 aliphatic carbocycles. The van der Waals surface area contributed by atoms with Crippen molar-refractivity contribution in [1.29, 1.82) is 0 Å². The molecule has 1 aromatic carbocycles. The van der Waals surface area contributed by atoms with E-state index in [4.69, 9.17) is 17.3 Å². The first-order valence-corrected chi connectivity index (χ1v) is 5.87. The molecule has 0 spiro atoms. The Bertz CT molecular complexity index is 388. The summed E-state index contributed by atoms with van der Waals surface area (Å²) in [6.45, 7) is 2.03. The molecule has 0 bridgehead atoms. The largest absolute Gasteiger partial charge is 0.418 e. The Hall–Kier alpha value is -0.740. The minimum absolute atomic E-state index is 0.0965. The normalized spacial score (nSPS) is 11.9. The van der Waals surface area contributed by atoms with Crippen molar-refractivity contribution in [3.05, 3.63) is 33.8 Å². The highest BCUT2D eigenvalue weighted by Gasteiger charge is 2.36. The Morgan fingerprint density at radius 2 is 1.94 bits per heavy atom. The van der Waals surface area contributed by atoms with Crippen molar-refractivity contribution in [3.8, 4) is 0 Å². The second kappa shape index (κ2) is 5.74. The summed E-state index contributed by atoms with van der Waals surface area (Å²) in [7, 11) is 0. The molecule has 0 aliphatic rings. The van der Waals surface area contributed by atoms with Crippen LogP contribution in [0.25, 0.3) is 0 Å². The van der Waals surface area contributed by atoms with Gasteiger partial charge in [0.15, 0.2) is 0 Å². The fraction of sp³-hybridized carbons (Fsp3) is 0.500. The lowest BCUT2D eigenvalue weighted by molar-refractivity contribution is -0.138. The number of alkyl halides is 3. The third-order valence-corrected chi connectivity index (χ3v) is 2.96. The Kier molecular flexibility index (Phi) is 4.83. The number of unbranched alkanes of at least 4 members (excludes halogenated alkanes) is 1. The molecular formula is C12H15ClF3N. The van der Waals surface area contributed by atoms with E-state index in [1.807, 2.05) is 6.92 Å². The van der Waals surface area contributed by atoms with Crippen molar-refractivity contribution in [2.45, 2.75) is 38.9 Å². The zero-order valence-corrected chi connectivity index (χ0v) is 10.3. The molecule has 17 heavy (non-hydrogen) atoms. The van der Waals surface area contributed by atoms with Crippen LogP contribution >= 0.6 is 11.6 Å². The zero-order chi connectivity index (χ0) is 13.1. The van der Waals surface area contributed by atoms with E-state index >= 15 is 0 Å². The summed E-state index contributed by atoms with van der Waals surface area (Å²) in [6, 6.07) is 2.84. The maximum Gasteiger partial charge on any atom is 0.418 e. The molecular weight excluding hydrogens is 251 g/mol. The Morgan fingerprint density at radius 1 is 1.29 bits per heavy atom. The van der Waals surface area contributed by atoms with E-state index in [1.165, 1.54) is 6.07 Å². The highest BCUT2D eigenvalue weighted by atomic mass is 35.5. The van der Waals surface area contributed by atoms with Crippen molar-refractivity contribution < 1.29 is 13.2 Å². The summed E-state index contributed by atoms with van der Waals surface area (Å²) < 4.78 is 38.8. The molecule has 2 N–H and O–H groups in total. The van der Waals surface area contributed by atoms with Gasteiger partial charge in [-0.05, 0) is 30.0 Å². The van der Waals surface area contributed by atoms with Gasteiger partial charge in [-0.2, -0.15) is 13.2 Å². The van der Waals surface area contributed by atoms with Crippen molar-refractivity contribution in [1.82, 2.24) is 0 Å². The monoisotopic (exact) mass is 265 g/mol. The molecule has 0 aromatic heterocycles. The average molecular weight is 266 g/mol. The van der Waals surface area contributed by atoms with Crippen LogP contribution in [0.1, 0.15) is 36.5 Å². The van der Waals surface area contributed by atoms with Crippen LogP contribution in [-0.2, 0) is 19.1 Å². The van der Waals surface area contributed by atoms with Gasteiger partial charge in [-0.1, -0.05) is 31.0 Å². The van der Waals surface area contributed by atoms with E-state index in [-0.39, 0.29) is 17.1 Å². The number of halogens is 4. The van der Waals surface area contributed by atoms with Gasteiger partial charge in [0.25, 0.3) is 0 Å². The summed E-state index contributed by atoms with van der Waals surface area (Å²) in [5.74, 6) is 0. The lowest BCUT2D eigenvalue weighted by atomic mass is 9.96. The Morgan fingerprint density at radius 3 is 2.41 bits per heavy atom. The van der Waals surface area contributed by atoms with Crippen LogP contribution in [0, 0.1) is 0 Å². The Balaban J connectivity index is 3.32. The van der Waals surface area contributed by atoms with E-state index in [0.717, 1.165) is 6.42 Å². The molecule has 1 aromatic rings. The minimum atomic E-state index is -4.43. The van der Waals surface area contributed by atoms with Gasteiger partial charge in [0.05, 0.1) is 10.6 Å². The maximum atomic E-state index is 12.9. The lowest BCUT2D eigenvalue weighted by Crippen LogP contribution is -2.14. The summed E-state index contributed by atoms with van der Waals surface area (Å²) >= 11 is 5.66.